The lowest BCUT2D eigenvalue weighted by molar-refractivity contribution is -0.130. The predicted octanol–water partition coefficient (Wildman–Crippen LogP) is 4.13. The molecule has 1 saturated heterocycles. The fraction of sp³-hybridized carbons (Fsp3) is 0.207. The molecule has 1 unspecified atom stereocenters. The average Bonchev–Trinajstić information content (AvgIpc) is 3.50. The summed E-state index contributed by atoms with van der Waals surface area (Å²) in [7, 11) is 0. The van der Waals surface area contributed by atoms with Gasteiger partial charge in [-0.15, -0.1) is 0 Å². The molecule has 186 valence electrons. The summed E-state index contributed by atoms with van der Waals surface area (Å²) in [6, 6.07) is 22.6. The van der Waals surface area contributed by atoms with Crippen LogP contribution in [0.2, 0.25) is 0 Å². The highest BCUT2D eigenvalue weighted by Crippen LogP contribution is 2.33. The van der Waals surface area contributed by atoms with Crippen molar-refractivity contribution < 1.29 is 14.3 Å². The van der Waals surface area contributed by atoms with Crippen LogP contribution in [0.15, 0.2) is 85.3 Å². The van der Waals surface area contributed by atoms with Crippen LogP contribution in [-0.4, -0.2) is 38.1 Å². The van der Waals surface area contributed by atoms with Crippen LogP contribution in [-0.2, 0) is 17.9 Å². The molecular weight excluding hydrogens is 469 g/mol. The highest BCUT2D eigenvalue weighted by Gasteiger charge is 2.37. The topological polar surface area (TPSA) is 94.2 Å². The second-order valence-electron chi connectivity index (χ2n) is 9.10. The first-order valence-electron chi connectivity index (χ1n) is 12.1. The lowest BCUT2D eigenvalue weighted by Gasteiger charge is -2.29. The van der Waals surface area contributed by atoms with E-state index in [1.807, 2.05) is 51.9 Å². The van der Waals surface area contributed by atoms with Crippen molar-refractivity contribution in [3.05, 3.63) is 119 Å². The van der Waals surface area contributed by atoms with E-state index in [0.29, 0.717) is 26.1 Å². The molecule has 0 spiro atoms. The van der Waals surface area contributed by atoms with E-state index in [4.69, 9.17) is 5.26 Å². The molecule has 0 aliphatic carbocycles. The van der Waals surface area contributed by atoms with Crippen molar-refractivity contribution in [2.24, 2.45) is 0 Å². The molecule has 0 saturated carbocycles. The summed E-state index contributed by atoms with van der Waals surface area (Å²) in [6.07, 6.45) is 4.04. The minimum absolute atomic E-state index is 0.00238. The maximum atomic E-state index is 14.0. The number of phenolic OH excluding ortho intramolecular Hbond substituents is 1. The molecular formula is C29H26FN5O2. The van der Waals surface area contributed by atoms with Gasteiger partial charge in [-0.05, 0) is 47.4 Å². The Morgan fingerprint density at radius 2 is 1.92 bits per heavy atom. The number of nitrogens with one attached hydrogen (secondary N) is 1. The van der Waals surface area contributed by atoms with E-state index in [9.17, 15) is 14.3 Å². The number of nitrogens with zero attached hydrogens (tertiary/aromatic N) is 4. The normalized spacial score (nSPS) is 16.1. The number of aromatic nitrogens is 2. The summed E-state index contributed by atoms with van der Waals surface area (Å²) in [4.78, 5) is 19.6. The molecule has 2 N–H and O–H groups in total. The number of hydrogen-bond donors (Lipinski definition) is 2. The zero-order chi connectivity index (χ0) is 25.8. The largest absolute Gasteiger partial charge is 0.508 e. The van der Waals surface area contributed by atoms with E-state index < -0.39 is 5.82 Å². The van der Waals surface area contributed by atoms with Gasteiger partial charge in [0.25, 0.3) is 0 Å². The molecule has 0 radical (unpaired) electrons. The van der Waals surface area contributed by atoms with Crippen molar-refractivity contribution in [3.8, 4) is 11.8 Å². The molecule has 1 fully saturated rings. The highest BCUT2D eigenvalue weighted by atomic mass is 19.1. The molecule has 37 heavy (non-hydrogen) atoms. The van der Waals surface area contributed by atoms with Crippen LogP contribution in [0.3, 0.4) is 0 Å². The van der Waals surface area contributed by atoms with Gasteiger partial charge in [0.05, 0.1) is 29.7 Å². The van der Waals surface area contributed by atoms with E-state index in [2.05, 4.69) is 10.3 Å². The van der Waals surface area contributed by atoms with E-state index in [1.54, 1.807) is 36.8 Å². The van der Waals surface area contributed by atoms with Crippen LogP contribution < -0.4 is 5.32 Å². The zero-order valence-corrected chi connectivity index (χ0v) is 20.1. The third-order valence-corrected chi connectivity index (χ3v) is 6.69. The van der Waals surface area contributed by atoms with Crippen molar-refractivity contribution in [3.63, 3.8) is 0 Å². The summed E-state index contributed by atoms with van der Waals surface area (Å²) in [5.41, 5.74) is 3.43. The smallest absolute Gasteiger partial charge is 0.240 e. The molecule has 1 aromatic heterocycles. The summed E-state index contributed by atoms with van der Waals surface area (Å²) in [6.45, 7) is 1.40. The Bertz CT molecular complexity index is 1450. The van der Waals surface area contributed by atoms with Crippen molar-refractivity contribution in [1.29, 1.82) is 5.26 Å². The molecule has 1 aliphatic heterocycles. The molecule has 2 heterocycles. The van der Waals surface area contributed by atoms with Crippen LogP contribution in [0, 0.1) is 17.1 Å². The summed E-state index contributed by atoms with van der Waals surface area (Å²) >= 11 is 0. The minimum Gasteiger partial charge on any atom is -0.508 e. The molecule has 2 atom stereocenters. The summed E-state index contributed by atoms with van der Waals surface area (Å²) in [5, 5.41) is 22.4. The van der Waals surface area contributed by atoms with Gasteiger partial charge in [-0.3, -0.25) is 4.79 Å². The quantitative estimate of drug-likeness (QED) is 0.383. The molecule has 7 nitrogen and oxygen atoms in total. The van der Waals surface area contributed by atoms with E-state index >= 15 is 0 Å². The third kappa shape index (κ3) is 5.22. The lowest BCUT2D eigenvalue weighted by Crippen LogP contribution is -2.40. The number of carbonyl (C=O) groups is 1. The van der Waals surface area contributed by atoms with Gasteiger partial charge in [-0.1, -0.05) is 48.5 Å². The predicted molar refractivity (Wildman–Crippen MR) is 136 cm³/mol. The Kier molecular flexibility index (Phi) is 6.97. The molecule has 5 rings (SSSR count). The van der Waals surface area contributed by atoms with Crippen LogP contribution in [0.25, 0.3) is 0 Å². The average molecular weight is 496 g/mol. The molecule has 0 bridgehead atoms. The Hall–Kier alpha value is -4.48. The first kappa shape index (κ1) is 24.2. The number of amides is 1. The number of hydrogen-bond acceptors (Lipinski definition) is 5. The van der Waals surface area contributed by atoms with Crippen LogP contribution in [0.5, 0.6) is 5.75 Å². The maximum absolute atomic E-state index is 14.0. The van der Waals surface area contributed by atoms with Crippen molar-refractivity contribution >= 4 is 5.91 Å². The highest BCUT2D eigenvalue weighted by molar-refractivity contribution is 5.85. The molecule has 1 aliphatic rings. The van der Waals surface area contributed by atoms with E-state index in [0.717, 1.165) is 22.4 Å². The van der Waals surface area contributed by atoms with Gasteiger partial charge in [0.15, 0.2) is 0 Å². The third-order valence-electron chi connectivity index (χ3n) is 6.69. The fourth-order valence-electron chi connectivity index (χ4n) is 4.84. The number of aromatic hydroxyl groups is 1. The maximum Gasteiger partial charge on any atom is 0.240 e. The van der Waals surface area contributed by atoms with E-state index in [1.165, 1.54) is 12.1 Å². The van der Waals surface area contributed by atoms with Gasteiger partial charge in [0.1, 0.15) is 17.6 Å². The van der Waals surface area contributed by atoms with Gasteiger partial charge >= 0.3 is 0 Å². The van der Waals surface area contributed by atoms with Crippen LogP contribution in [0.1, 0.15) is 40.4 Å². The van der Waals surface area contributed by atoms with Crippen molar-refractivity contribution in [1.82, 2.24) is 19.8 Å². The Labute approximate surface area is 214 Å². The number of nitriles is 1. The van der Waals surface area contributed by atoms with Crippen molar-refractivity contribution in [2.75, 3.05) is 6.54 Å². The number of imidazole rings is 1. The molecule has 4 aromatic rings. The minimum atomic E-state index is -0.545. The number of carbonyl (C=O) groups excluding carboxylic acids is 1. The second-order valence-corrected chi connectivity index (χ2v) is 9.10. The molecule has 3 aromatic carbocycles. The van der Waals surface area contributed by atoms with Gasteiger partial charge in [-0.2, -0.15) is 5.26 Å². The van der Waals surface area contributed by atoms with Crippen molar-refractivity contribution in [2.45, 2.75) is 31.6 Å². The van der Waals surface area contributed by atoms with E-state index in [-0.39, 0.29) is 29.3 Å². The monoisotopic (exact) mass is 495 g/mol. The van der Waals surface area contributed by atoms with Gasteiger partial charge in [0, 0.05) is 25.8 Å². The molecule has 8 heteroatoms. The number of benzene rings is 3. The Morgan fingerprint density at radius 1 is 1.11 bits per heavy atom. The summed E-state index contributed by atoms with van der Waals surface area (Å²) < 4.78 is 15.9. The van der Waals surface area contributed by atoms with Crippen LogP contribution >= 0.6 is 0 Å². The SMILES string of the molecule is N#Cc1ccc(Cn2cncc2CN[C@@H]2CCN(C(c3ccccc3)c3cccc(O)c3)C2=O)cc1F. The second kappa shape index (κ2) is 10.6. The first-order valence-corrected chi connectivity index (χ1v) is 12.1. The van der Waals surface area contributed by atoms with Gasteiger partial charge < -0.3 is 19.9 Å². The summed E-state index contributed by atoms with van der Waals surface area (Å²) in [5.74, 6) is -0.385. The number of phenols is 1. The first-order chi connectivity index (χ1) is 18.0. The zero-order valence-electron chi connectivity index (χ0n) is 20.1. The Morgan fingerprint density at radius 3 is 2.68 bits per heavy atom. The number of likely N-dealkylation sites (tertiary alicyclic amines) is 1. The Balaban J connectivity index is 1.29. The number of halogens is 1. The van der Waals surface area contributed by atoms with Gasteiger partial charge in [-0.25, -0.2) is 9.37 Å². The lowest BCUT2D eigenvalue weighted by atomic mass is 9.97. The fourth-order valence-corrected chi connectivity index (χ4v) is 4.84. The van der Waals surface area contributed by atoms with Crippen LogP contribution in [0.4, 0.5) is 4.39 Å². The molecule has 1 amide bonds. The standard InChI is InChI=1S/C29H26FN5O2/c30-26-13-20(9-10-23(26)15-31)18-34-19-32-16-24(34)17-33-27-11-12-35(29(27)37)28(21-5-2-1-3-6-21)22-7-4-8-25(36)14-22/h1-10,13-14,16,19,27-28,33,36H,11-12,17-18H2/t27-,28?/m1/s1. The van der Waals surface area contributed by atoms with Gasteiger partial charge in [0.2, 0.25) is 5.91 Å². The number of rotatable bonds is 8.